The highest BCUT2D eigenvalue weighted by molar-refractivity contribution is 14.0. The number of benzene rings is 1. The predicted molar refractivity (Wildman–Crippen MR) is 121 cm³/mol. The molecule has 0 spiro atoms. The number of aromatic nitrogens is 2. The second kappa shape index (κ2) is 10.2. The first-order valence-corrected chi connectivity index (χ1v) is 9.77. The van der Waals surface area contributed by atoms with E-state index in [-0.39, 0.29) is 24.0 Å². The van der Waals surface area contributed by atoms with Crippen LogP contribution in [0.4, 0.5) is 0 Å². The minimum atomic E-state index is 0. The minimum absolute atomic E-state index is 0. The van der Waals surface area contributed by atoms with Crippen LogP contribution in [0, 0.1) is 0 Å². The van der Waals surface area contributed by atoms with Crippen LogP contribution >= 0.6 is 35.7 Å². The molecule has 7 heteroatoms. The molecule has 2 N–H and O–H groups in total. The lowest BCUT2D eigenvalue weighted by atomic mass is 10.1. The Hall–Kier alpha value is -1.22. The molecular weight excluding hydrogens is 457 g/mol. The SMILES string of the molecule is CN=C(NCc1ccc(Cn2ccnc2)cc1)NCC1(C)CCCS1.I. The van der Waals surface area contributed by atoms with Gasteiger partial charge in [0.15, 0.2) is 5.96 Å². The number of guanidine groups is 1. The fourth-order valence-electron chi connectivity index (χ4n) is 3.01. The van der Waals surface area contributed by atoms with E-state index in [0.29, 0.717) is 4.75 Å². The van der Waals surface area contributed by atoms with E-state index in [9.17, 15) is 0 Å². The molecule has 0 amide bonds. The molecule has 1 saturated heterocycles. The van der Waals surface area contributed by atoms with Crippen molar-refractivity contribution >= 4 is 41.7 Å². The van der Waals surface area contributed by atoms with Gasteiger partial charge in [0.25, 0.3) is 0 Å². The summed E-state index contributed by atoms with van der Waals surface area (Å²) in [5.41, 5.74) is 2.52. The molecule has 1 aliphatic heterocycles. The normalized spacial score (nSPS) is 19.8. The van der Waals surface area contributed by atoms with E-state index in [1.54, 1.807) is 6.20 Å². The quantitative estimate of drug-likeness (QED) is 0.374. The van der Waals surface area contributed by atoms with Crippen LogP contribution in [0.1, 0.15) is 30.9 Å². The van der Waals surface area contributed by atoms with Crippen molar-refractivity contribution in [1.82, 2.24) is 20.2 Å². The van der Waals surface area contributed by atoms with Crippen molar-refractivity contribution in [1.29, 1.82) is 0 Å². The lowest BCUT2D eigenvalue weighted by Crippen LogP contribution is -2.43. The predicted octanol–water partition coefficient (Wildman–Crippen LogP) is 3.50. The summed E-state index contributed by atoms with van der Waals surface area (Å²) in [4.78, 5) is 8.41. The number of imidazole rings is 1. The van der Waals surface area contributed by atoms with Crippen molar-refractivity contribution < 1.29 is 0 Å². The molecule has 2 aromatic rings. The fourth-order valence-corrected chi connectivity index (χ4v) is 4.25. The summed E-state index contributed by atoms with van der Waals surface area (Å²) in [5, 5.41) is 6.88. The van der Waals surface area contributed by atoms with E-state index in [1.807, 2.05) is 19.6 Å². The molecule has 0 radical (unpaired) electrons. The summed E-state index contributed by atoms with van der Waals surface area (Å²) >= 11 is 2.06. The van der Waals surface area contributed by atoms with Gasteiger partial charge in [-0.05, 0) is 36.6 Å². The molecule has 1 aromatic heterocycles. The van der Waals surface area contributed by atoms with Gasteiger partial charge < -0.3 is 15.2 Å². The van der Waals surface area contributed by atoms with Gasteiger partial charge in [-0.1, -0.05) is 24.3 Å². The second-order valence-corrected chi connectivity index (χ2v) is 8.42. The molecule has 2 heterocycles. The average molecular weight is 485 g/mol. The number of nitrogens with zero attached hydrogens (tertiary/aromatic N) is 3. The van der Waals surface area contributed by atoms with Crippen molar-refractivity contribution in [2.75, 3.05) is 19.3 Å². The Labute approximate surface area is 177 Å². The smallest absolute Gasteiger partial charge is 0.191 e. The third-order valence-corrected chi connectivity index (χ3v) is 6.10. The van der Waals surface area contributed by atoms with Crippen LogP contribution in [-0.2, 0) is 13.1 Å². The van der Waals surface area contributed by atoms with Gasteiger partial charge in [-0.2, -0.15) is 11.8 Å². The molecule has 0 bridgehead atoms. The number of hydrogen-bond acceptors (Lipinski definition) is 3. The largest absolute Gasteiger partial charge is 0.355 e. The Morgan fingerprint density at radius 1 is 1.27 bits per heavy atom. The Morgan fingerprint density at radius 3 is 2.65 bits per heavy atom. The first kappa shape index (κ1) is 21.1. The molecule has 1 aromatic carbocycles. The van der Waals surface area contributed by atoms with Gasteiger partial charge in [-0.25, -0.2) is 4.98 Å². The molecule has 142 valence electrons. The Kier molecular flexibility index (Phi) is 8.27. The summed E-state index contributed by atoms with van der Waals surface area (Å²) in [6.07, 6.45) is 8.23. The van der Waals surface area contributed by atoms with Gasteiger partial charge in [0, 0.05) is 43.8 Å². The average Bonchev–Trinajstić information content (AvgIpc) is 3.29. The maximum absolute atomic E-state index is 4.34. The molecule has 1 fully saturated rings. The van der Waals surface area contributed by atoms with Crippen LogP contribution in [0.15, 0.2) is 48.0 Å². The van der Waals surface area contributed by atoms with Crippen molar-refractivity contribution in [2.45, 2.75) is 37.6 Å². The van der Waals surface area contributed by atoms with Gasteiger partial charge in [0.2, 0.25) is 0 Å². The molecule has 0 aliphatic carbocycles. The van der Waals surface area contributed by atoms with E-state index in [4.69, 9.17) is 0 Å². The maximum Gasteiger partial charge on any atom is 0.191 e. The van der Waals surface area contributed by atoms with E-state index in [1.165, 1.54) is 29.7 Å². The van der Waals surface area contributed by atoms with Gasteiger partial charge in [0.1, 0.15) is 0 Å². The Morgan fingerprint density at radius 2 is 2.04 bits per heavy atom. The zero-order chi connectivity index (χ0) is 17.5. The summed E-state index contributed by atoms with van der Waals surface area (Å²) in [6.45, 7) is 4.92. The van der Waals surface area contributed by atoms with Crippen LogP contribution in [0.5, 0.6) is 0 Å². The van der Waals surface area contributed by atoms with Crippen LogP contribution in [0.3, 0.4) is 0 Å². The molecule has 1 unspecified atom stereocenters. The second-order valence-electron chi connectivity index (χ2n) is 6.73. The van der Waals surface area contributed by atoms with Gasteiger partial charge in [-0.3, -0.25) is 4.99 Å². The standard InChI is InChI=1S/C19H27N5S.HI/c1-19(8-3-11-25-19)14-23-18(20-2)22-12-16-4-6-17(7-5-16)13-24-10-9-21-15-24;/h4-7,9-10,15H,3,8,11-14H2,1-2H3,(H2,20,22,23);1H. The number of hydrogen-bond donors (Lipinski definition) is 2. The lowest BCUT2D eigenvalue weighted by Gasteiger charge is -2.24. The number of nitrogens with one attached hydrogen (secondary N) is 2. The highest BCUT2D eigenvalue weighted by Crippen LogP contribution is 2.36. The number of halogens is 1. The van der Waals surface area contributed by atoms with Gasteiger partial charge in [0.05, 0.1) is 6.33 Å². The molecule has 0 saturated carbocycles. The molecule has 1 aliphatic rings. The first-order valence-electron chi connectivity index (χ1n) is 8.79. The topological polar surface area (TPSA) is 54.2 Å². The molecule has 3 rings (SSSR count). The van der Waals surface area contributed by atoms with Gasteiger partial charge in [-0.15, -0.1) is 24.0 Å². The van der Waals surface area contributed by atoms with Crippen molar-refractivity contribution in [3.8, 4) is 0 Å². The fraction of sp³-hybridized carbons (Fsp3) is 0.474. The van der Waals surface area contributed by atoms with Crippen molar-refractivity contribution in [3.63, 3.8) is 0 Å². The van der Waals surface area contributed by atoms with Gasteiger partial charge >= 0.3 is 0 Å². The van der Waals surface area contributed by atoms with Crippen molar-refractivity contribution in [2.24, 2.45) is 4.99 Å². The molecule has 26 heavy (non-hydrogen) atoms. The van der Waals surface area contributed by atoms with Crippen LogP contribution < -0.4 is 10.6 Å². The first-order chi connectivity index (χ1) is 12.2. The molecule has 5 nitrogen and oxygen atoms in total. The third kappa shape index (κ3) is 6.19. The Bertz CT molecular complexity index is 678. The summed E-state index contributed by atoms with van der Waals surface area (Å²) in [6, 6.07) is 8.67. The zero-order valence-electron chi connectivity index (χ0n) is 15.4. The van der Waals surface area contributed by atoms with E-state index < -0.39 is 0 Å². The zero-order valence-corrected chi connectivity index (χ0v) is 18.6. The monoisotopic (exact) mass is 485 g/mol. The molecular formula is C19H28IN5S. The number of thioether (sulfide) groups is 1. The maximum atomic E-state index is 4.34. The lowest BCUT2D eigenvalue weighted by molar-refractivity contribution is 0.584. The summed E-state index contributed by atoms with van der Waals surface area (Å²) in [7, 11) is 1.83. The van der Waals surface area contributed by atoms with Crippen LogP contribution in [-0.4, -0.2) is 39.6 Å². The van der Waals surface area contributed by atoms with E-state index in [0.717, 1.165) is 25.6 Å². The molecule has 1 atom stereocenters. The van der Waals surface area contributed by atoms with Crippen LogP contribution in [0.25, 0.3) is 0 Å². The third-order valence-electron chi connectivity index (χ3n) is 4.56. The van der Waals surface area contributed by atoms with E-state index >= 15 is 0 Å². The van der Waals surface area contributed by atoms with E-state index in [2.05, 4.69) is 68.1 Å². The highest BCUT2D eigenvalue weighted by Gasteiger charge is 2.29. The van der Waals surface area contributed by atoms with Crippen LogP contribution in [0.2, 0.25) is 0 Å². The summed E-state index contributed by atoms with van der Waals surface area (Å²) < 4.78 is 2.41. The Balaban J connectivity index is 0.00000243. The minimum Gasteiger partial charge on any atom is -0.355 e. The van der Waals surface area contributed by atoms with Crippen molar-refractivity contribution in [3.05, 3.63) is 54.1 Å². The number of rotatable bonds is 6. The highest BCUT2D eigenvalue weighted by atomic mass is 127. The summed E-state index contributed by atoms with van der Waals surface area (Å²) in [5.74, 6) is 2.14. The number of aliphatic imine (C=N–C) groups is 1.